The van der Waals surface area contributed by atoms with Gasteiger partial charge in [0.15, 0.2) is 0 Å². The summed E-state index contributed by atoms with van der Waals surface area (Å²) in [6.45, 7) is 5.04. The number of nitrogens with one attached hydrogen (secondary N) is 1. The van der Waals surface area contributed by atoms with Crippen molar-refractivity contribution < 1.29 is 4.79 Å². The molecule has 0 bridgehead atoms. The highest BCUT2D eigenvalue weighted by atomic mass is 35.5. The van der Waals surface area contributed by atoms with Gasteiger partial charge < -0.3 is 5.32 Å². The van der Waals surface area contributed by atoms with Gasteiger partial charge in [-0.25, -0.2) is 4.98 Å². The van der Waals surface area contributed by atoms with E-state index in [0.717, 1.165) is 23.7 Å². The number of pyridine rings is 1. The zero-order valence-electron chi connectivity index (χ0n) is 11.8. The second-order valence-corrected chi connectivity index (χ2v) is 5.69. The molecule has 0 aliphatic heterocycles. The standard InChI is InChI=1S/C16H19ClN2O/c1-11(2)6-5-9-18-16(20)13-10-15(17)19-14-8-4-3-7-12(13)14/h3-4,7-8,10-11H,5-6,9H2,1-2H3,(H,18,20). The predicted molar refractivity (Wildman–Crippen MR) is 83.2 cm³/mol. The van der Waals surface area contributed by atoms with Gasteiger partial charge in [0, 0.05) is 11.9 Å². The minimum atomic E-state index is -0.0887. The maximum Gasteiger partial charge on any atom is 0.252 e. The van der Waals surface area contributed by atoms with E-state index in [2.05, 4.69) is 24.1 Å². The quantitative estimate of drug-likeness (QED) is 0.666. The summed E-state index contributed by atoms with van der Waals surface area (Å²) in [4.78, 5) is 16.5. The number of nitrogens with zero attached hydrogens (tertiary/aromatic N) is 1. The molecule has 0 saturated carbocycles. The zero-order valence-corrected chi connectivity index (χ0v) is 12.6. The van der Waals surface area contributed by atoms with Crippen LogP contribution in [0.15, 0.2) is 30.3 Å². The van der Waals surface area contributed by atoms with E-state index in [4.69, 9.17) is 11.6 Å². The van der Waals surface area contributed by atoms with Crippen molar-refractivity contribution in [1.82, 2.24) is 10.3 Å². The summed E-state index contributed by atoms with van der Waals surface area (Å²) >= 11 is 5.98. The summed E-state index contributed by atoms with van der Waals surface area (Å²) < 4.78 is 0. The molecule has 0 spiro atoms. The van der Waals surface area contributed by atoms with Gasteiger partial charge in [0.1, 0.15) is 5.15 Å². The number of fused-ring (bicyclic) bond motifs is 1. The number of rotatable bonds is 5. The fraction of sp³-hybridized carbons (Fsp3) is 0.375. The van der Waals surface area contributed by atoms with Crippen LogP contribution in [0.3, 0.4) is 0 Å². The first kappa shape index (κ1) is 14.8. The summed E-state index contributed by atoms with van der Waals surface area (Å²) in [5, 5.41) is 4.12. The zero-order chi connectivity index (χ0) is 14.5. The molecule has 0 aliphatic rings. The van der Waals surface area contributed by atoms with Crippen molar-refractivity contribution in [2.24, 2.45) is 5.92 Å². The number of hydrogen-bond acceptors (Lipinski definition) is 2. The van der Waals surface area contributed by atoms with Crippen molar-refractivity contribution in [3.05, 3.63) is 41.0 Å². The number of hydrogen-bond donors (Lipinski definition) is 1. The van der Waals surface area contributed by atoms with Crippen LogP contribution in [0.5, 0.6) is 0 Å². The third-order valence-corrected chi connectivity index (χ3v) is 3.37. The minimum absolute atomic E-state index is 0.0887. The topological polar surface area (TPSA) is 42.0 Å². The van der Waals surface area contributed by atoms with Gasteiger partial charge in [0.25, 0.3) is 5.91 Å². The van der Waals surface area contributed by atoms with Crippen LogP contribution in [0.4, 0.5) is 0 Å². The summed E-state index contributed by atoms with van der Waals surface area (Å²) in [6, 6.07) is 9.16. The first-order chi connectivity index (χ1) is 9.58. The molecular weight excluding hydrogens is 272 g/mol. The van der Waals surface area contributed by atoms with Crippen LogP contribution in [0.2, 0.25) is 5.15 Å². The molecule has 106 valence electrons. The van der Waals surface area contributed by atoms with Crippen LogP contribution >= 0.6 is 11.6 Å². The lowest BCUT2D eigenvalue weighted by Crippen LogP contribution is -2.25. The Balaban J connectivity index is 2.13. The van der Waals surface area contributed by atoms with Crippen LogP contribution in [-0.4, -0.2) is 17.4 Å². The van der Waals surface area contributed by atoms with Crippen LogP contribution in [0.1, 0.15) is 37.0 Å². The van der Waals surface area contributed by atoms with Crippen molar-refractivity contribution in [3.63, 3.8) is 0 Å². The van der Waals surface area contributed by atoms with Crippen LogP contribution in [0.25, 0.3) is 10.9 Å². The summed E-state index contributed by atoms with van der Waals surface area (Å²) in [5.41, 5.74) is 1.33. The summed E-state index contributed by atoms with van der Waals surface area (Å²) in [7, 11) is 0. The largest absolute Gasteiger partial charge is 0.352 e. The molecule has 0 fully saturated rings. The smallest absolute Gasteiger partial charge is 0.252 e. The number of para-hydroxylation sites is 1. The fourth-order valence-electron chi connectivity index (χ4n) is 2.14. The number of amides is 1. The highest BCUT2D eigenvalue weighted by molar-refractivity contribution is 6.30. The van der Waals surface area contributed by atoms with E-state index in [1.54, 1.807) is 6.07 Å². The highest BCUT2D eigenvalue weighted by Crippen LogP contribution is 2.20. The monoisotopic (exact) mass is 290 g/mol. The van der Waals surface area contributed by atoms with Gasteiger partial charge in [-0.05, 0) is 30.9 Å². The third-order valence-electron chi connectivity index (χ3n) is 3.17. The van der Waals surface area contributed by atoms with E-state index in [9.17, 15) is 4.79 Å². The van der Waals surface area contributed by atoms with Gasteiger partial charge in [0.2, 0.25) is 0 Å². The van der Waals surface area contributed by atoms with Gasteiger partial charge in [0.05, 0.1) is 11.1 Å². The van der Waals surface area contributed by atoms with Crippen LogP contribution in [0, 0.1) is 5.92 Å². The normalized spacial score (nSPS) is 11.0. The SMILES string of the molecule is CC(C)CCCNC(=O)c1cc(Cl)nc2ccccc12. The number of aromatic nitrogens is 1. The van der Waals surface area contributed by atoms with Crippen LogP contribution < -0.4 is 5.32 Å². The van der Waals surface area contributed by atoms with E-state index >= 15 is 0 Å². The summed E-state index contributed by atoms with van der Waals surface area (Å²) in [6.07, 6.45) is 2.10. The molecule has 0 unspecified atom stereocenters. The molecule has 0 radical (unpaired) electrons. The molecule has 20 heavy (non-hydrogen) atoms. The lowest BCUT2D eigenvalue weighted by Gasteiger charge is -2.09. The van der Waals surface area contributed by atoms with Crippen molar-refractivity contribution in [2.45, 2.75) is 26.7 Å². The number of carbonyl (C=O) groups is 1. The van der Waals surface area contributed by atoms with Gasteiger partial charge in [-0.15, -0.1) is 0 Å². The predicted octanol–water partition coefficient (Wildman–Crippen LogP) is 4.05. The summed E-state index contributed by atoms with van der Waals surface area (Å²) in [5.74, 6) is 0.567. The molecular formula is C16H19ClN2O. The molecule has 1 heterocycles. The molecule has 0 aliphatic carbocycles. The molecule has 1 aromatic carbocycles. The Kier molecular flexibility index (Phi) is 4.96. The Morgan fingerprint density at radius 1 is 1.35 bits per heavy atom. The van der Waals surface area contributed by atoms with Crippen molar-refractivity contribution >= 4 is 28.4 Å². The first-order valence-corrected chi connectivity index (χ1v) is 7.29. The average molecular weight is 291 g/mol. The van der Waals surface area contributed by atoms with Gasteiger partial charge in [-0.2, -0.15) is 0 Å². The van der Waals surface area contributed by atoms with E-state index < -0.39 is 0 Å². The Morgan fingerprint density at radius 3 is 2.85 bits per heavy atom. The fourth-order valence-corrected chi connectivity index (χ4v) is 2.34. The highest BCUT2D eigenvalue weighted by Gasteiger charge is 2.11. The Hall–Kier alpha value is -1.61. The molecule has 2 aromatic rings. The molecule has 0 saturated heterocycles. The second-order valence-electron chi connectivity index (χ2n) is 5.30. The van der Waals surface area contributed by atoms with Crippen molar-refractivity contribution in [1.29, 1.82) is 0 Å². The number of benzene rings is 1. The van der Waals surface area contributed by atoms with E-state index in [0.29, 0.717) is 23.2 Å². The third kappa shape index (κ3) is 3.70. The second kappa shape index (κ2) is 6.71. The first-order valence-electron chi connectivity index (χ1n) is 6.91. The molecule has 0 atom stereocenters. The minimum Gasteiger partial charge on any atom is -0.352 e. The lowest BCUT2D eigenvalue weighted by atomic mass is 10.1. The molecule has 2 rings (SSSR count). The number of carbonyl (C=O) groups excluding carboxylic acids is 1. The maximum absolute atomic E-state index is 12.3. The molecule has 1 N–H and O–H groups in total. The van der Waals surface area contributed by atoms with Gasteiger partial charge in [-0.3, -0.25) is 4.79 Å². The maximum atomic E-state index is 12.3. The van der Waals surface area contributed by atoms with E-state index in [-0.39, 0.29) is 5.91 Å². The molecule has 1 amide bonds. The molecule has 3 nitrogen and oxygen atoms in total. The Morgan fingerprint density at radius 2 is 2.10 bits per heavy atom. The number of halogens is 1. The van der Waals surface area contributed by atoms with Crippen molar-refractivity contribution in [2.75, 3.05) is 6.54 Å². The van der Waals surface area contributed by atoms with Crippen LogP contribution in [-0.2, 0) is 0 Å². The average Bonchev–Trinajstić information content (AvgIpc) is 2.42. The van der Waals surface area contributed by atoms with E-state index in [1.807, 2.05) is 24.3 Å². The van der Waals surface area contributed by atoms with E-state index in [1.165, 1.54) is 0 Å². The molecule has 4 heteroatoms. The van der Waals surface area contributed by atoms with Gasteiger partial charge >= 0.3 is 0 Å². The molecule has 1 aromatic heterocycles. The van der Waals surface area contributed by atoms with Crippen molar-refractivity contribution in [3.8, 4) is 0 Å². The van der Waals surface area contributed by atoms with Gasteiger partial charge in [-0.1, -0.05) is 43.6 Å². The Bertz CT molecular complexity index is 610. The Labute approximate surface area is 124 Å². The lowest BCUT2D eigenvalue weighted by molar-refractivity contribution is 0.0954.